The average molecular weight is 269 g/mol. The van der Waals surface area contributed by atoms with Crippen LogP contribution in [0.15, 0.2) is 18.6 Å². The van der Waals surface area contributed by atoms with Gasteiger partial charge in [-0.25, -0.2) is 9.97 Å². The molecular weight excluding hydrogens is 254 g/mol. The Labute approximate surface area is 116 Å². The van der Waals surface area contributed by atoms with E-state index in [-0.39, 0.29) is 0 Å². The molecule has 1 saturated heterocycles. The Morgan fingerprint density at radius 1 is 1.30 bits per heavy atom. The number of aryl methyl sites for hydroxylation is 1. The van der Waals surface area contributed by atoms with Crippen LogP contribution in [-0.2, 0) is 7.05 Å². The van der Waals surface area contributed by atoms with Crippen molar-refractivity contribution < 1.29 is 0 Å². The van der Waals surface area contributed by atoms with Crippen LogP contribution in [0.5, 0.6) is 0 Å². The van der Waals surface area contributed by atoms with Crippen LogP contribution in [-0.4, -0.2) is 45.9 Å². The van der Waals surface area contributed by atoms with Gasteiger partial charge in [0.05, 0.1) is 18.0 Å². The molecule has 1 N–H and O–H groups in total. The Hall–Kier alpha value is -2.46. The molecule has 102 valence electrons. The summed E-state index contributed by atoms with van der Waals surface area (Å²) in [6.45, 7) is 3.49. The zero-order chi connectivity index (χ0) is 13.9. The molecule has 3 heterocycles. The lowest BCUT2D eigenvalue weighted by molar-refractivity contribution is 0.584. The highest BCUT2D eigenvalue weighted by Gasteiger charge is 2.17. The summed E-state index contributed by atoms with van der Waals surface area (Å²) < 4.78 is 1.71. The van der Waals surface area contributed by atoms with E-state index in [1.165, 1.54) is 0 Å². The molecule has 1 aliphatic heterocycles. The van der Waals surface area contributed by atoms with Crippen LogP contribution >= 0.6 is 0 Å². The lowest BCUT2D eigenvalue weighted by atomic mass is 10.2. The fourth-order valence-corrected chi connectivity index (χ4v) is 2.25. The van der Waals surface area contributed by atoms with Crippen molar-refractivity contribution in [2.24, 2.45) is 7.05 Å². The molecule has 1 aliphatic rings. The van der Waals surface area contributed by atoms with E-state index in [9.17, 15) is 5.26 Å². The summed E-state index contributed by atoms with van der Waals surface area (Å²) in [5.41, 5.74) is 1.37. The molecule has 0 spiro atoms. The minimum atomic E-state index is 0.513. The molecule has 7 nitrogen and oxygen atoms in total. The summed E-state index contributed by atoms with van der Waals surface area (Å²) in [6.07, 6.45) is 5.18. The molecule has 0 bridgehead atoms. The number of nitriles is 1. The second-order valence-corrected chi connectivity index (χ2v) is 4.68. The van der Waals surface area contributed by atoms with Gasteiger partial charge < -0.3 is 10.2 Å². The molecule has 3 rings (SSSR count). The Kier molecular flexibility index (Phi) is 3.31. The highest BCUT2D eigenvalue weighted by atomic mass is 15.3. The molecule has 0 unspecified atom stereocenters. The van der Waals surface area contributed by atoms with Gasteiger partial charge in [0.1, 0.15) is 11.6 Å². The third kappa shape index (κ3) is 2.33. The van der Waals surface area contributed by atoms with Gasteiger partial charge in [0.25, 0.3) is 0 Å². The lowest BCUT2D eigenvalue weighted by Crippen LogP contribution is -2.44. The van der Waals surface area contributed by atoms with E-state index >= 15 is 0 Å². The minimum absolute atomic E-state index is 0.513. The molecular formula is C13H15N7. The molecule has 0 aliphatic carbocycles. The first-order valence-corrected chi connectivity index (χ1v) is 6.50. The summed E-state index contributed by atoms with van der Waals surface area (Å²) in [7, 11) is 1.85. The van der Waals surface area contributed by atoms with Crippen molar-refractivity contribution >= 4 is 5.82 Å². The molecule has 0 saturated carbocycles. The SMILES string of the molecule is Cn1cc(-c2ncc(C#N)c(N3CCNCC3)n2)cn1. The van der Waals surface area contributed by atoms with Crippen molar-refractivity contribution in [2.45, 2.75) is 0 Å². The largest absolute Gasteiger partial charge is 0.353 e. The van der Waals surface area contributed by atoms with Crippen LogP contribution in [0.25, 0.3) is 11.4 Å². The Morgan fingerprint density at radius 3 is 2.75 bits per heavy atom. The number of nitrogens with one attached hydrogen (secondary N) is 1. The number of hydrogen-bond acceptors (Lipinski definition) is 6. The number of hydrogen-bond donors (Lipinski definition) is 1. The topological polar surface area (TPSA) is 82.7 Å². The molecule has 0 aromatic carbocycles. The van der Waals surface area contributed by atoms with Gasteiger partial charge in [-0.1, -0.05) is 0 Å². The van der Waals surface area contributed by atoms with Gasteiger partial charge in [-0.2, -0.15) is 10.4 Å². The second-order valence-electron chi connectivity index (χ2n) is 4.68. The quantitative estimate of drug-likeness (QED) is 0.836. The van der Waals surface area contributed by atoms with Gasteiger partial charge in [0.2, 0.25) is 0 Å². The first kappa shape index (κ1) is 12.6. The van der Waals surface area contributed by atoms with Crippen LogP contribution in [0.2, 0.25) is 0 Å². The molecule has 1 fully saturated rings. The molecule has 2 aromatic heterocycles. The van der Waals surface area contributed by atoms with Crippen molar-refractivity contribution in [1.82, 2.24) is 25.1 Å². The summed E-state index contributed by atoms with van der Waals surface area (Å²) in [5, 5.41) is 16.6. The van der Waals surface area contributed by atoms with Crippen LogP contribution in [0, 0.1) is 11.3 Å². The van der Waals surface area contributed by atoms with Gasteiger partial charge >= 0.3 is 0 Å². The number of piperazine rings is 1. The molecule has 7 heteroatoms. The summed E-state index contributed by atoms with van der Waals surface area (Å²) in [6, 6.07) is 2.17. The molecule has 20 heavy (non-hydrogen) atoms. The second kappa shape index (κ2) is 5.27. The maximum atomic E-state index is 9.23. The van der Waals surface area contributed by atoms with Crippen molar-refractivity contribution in [3.63, 3.8) is 0 Å². The van der Waals surface area contributed by atoms with Crippen molar-refractivity contribution in [2.75, 3.05) is 31.1 Å². The van der Waals surface area contributed by atoms with Crippen LogP contribution in [0.4, 0.5) is 5.82 Å². The summed E-state index contributed by atoms with van der Waals surface area (Å²) in [4.78, 5) is 10.9. The van der Waals surface area contributed by atoms with Crippen LogP contribution in [0.1, 0.15) is 5.56 Å². The summed E-state index contributed by atoms with van der Waals surface area (Å²) in [5.74, 6) is 1.31. The Balaban J connectivity index is 2.00. The maximum absolute atomic E-state index is 9.23. The fraction of sp³-hybridized carbons (Fsp3) is 0.385. The third-order valence-electron chi connectivity index (χ3n) is 3.27. The van der Waals surface area contributed by atoms with Crippen molar-refractivity contribution in [3.05, 3.63) is 24.2 Å². The highest BCUT2D eigenvalue weighted by molar-refractivity contribution is 5.60. The first-order valence-electron chi connectivity index (χ1n) is 6.50. The first-order chi connectivity index (χ1) is 9.78. The zero-order valence-electron chi connectivity index (χ0n) is 11.2. The number of nitrogens with zero attached hydrogens (tertiary/aromatic N) is 6. The van der Waals surface area contributed by atoms with Gasteiger partial charge in [0, 0.05) is 39.4 Å². The van der Waals surface area contributed by atoms with Gasteiger partial charge in [-0.3, -0.25) is 4.68 Å². The third-order valence-corrected chi connectivity index (χ3v) is 3.27. The molecule has 0 atom stereocenters. The zero-order valence-corrected chi connectivity index (χ0v) is 11.2. The van der Waals surface area contributed by atoms with E-state index in [0.29, 0.717) is 17.2 Å². The standard InChI is InChI=1S/C13H15N7/c1-19-9-11(8-17-19)12-16-7-10(6-14)13(18-12)20-4-2-15-3-5-20/h7-9,15H,2-5H2,1H3. The monoisotopic (exact) mass is 269 g/mol. The lowest BCUT2D eigenvalue weighted by Gasteiger charge is -2.29. The van der Waals surface area contributed by atoms with Gasteiger partial charge in [0.15, 0.2) is 11.6 Å². The van der Waals surface area contributed by atoms with E-state index < -0.39 is 0 Å². The predicted octanol–water partition coefficient (Wildman–Crippen LogP) is 0.158. The Morgan fingerprint density at radius 2 is 2.10 bits per heavy atom. The minimum Gasteiger partial charge on any atom is -0.353 e. The van der Waals surface area contributed by atoms with E-state index in [2.05, 4.69) is 31.4 Å². The smallest absolute Gasteiger partial charge is 0.164 e. The van der Waals surface area contributed by atoms with Gasteiger partial charge in [-0.05, 0) is 0 Å². The van der Waals surface area contributed by atoms with Crippen molar-refractivity contribution in [3.8, 4) is 17.5 Å². The average Bonchev–Trinajstić information content (AvgIpc) is 2.94. The van der Waals surface area contributed by atoms with E-state index in [1.807, 2.05) is 13.2 Å². The molecule has 0 amide bonds. The van der Waals surface area contributed by atoms with Crippen LogP contribution in [0.3, 0.4) is 0 Å². The predicted molar refractivity (Wildman–Crippen MR) is 74.0 cm³/mol. The summed E-state index contributed by atoms with van der Waals surface area (Å²) >= 11 is 0. The maximum Gasteiger partial charge on any atom is 0.164 e. The van der Waals surface area contributed by atoms with E-state index in [1.54, 1.807) is 17.1 Å². The number of anilines is 1. The molecule has 2 aromatic rings. The highest BCUT2D eigenvalue weighted by Crippen LogP contribution is 2.21. The normalized spacial score (nSPS) is 15.1. The Bertz CT molecular complexity index is 649. The van der Waals surface area contributed by atoms with Crippen molar-refractivity contribution in [1.29, 1.82) is 5.26 Å². The number of rotatable bonds is 2. The fourth-order valence-electron chi connectivity index (χ4n) is 2.25. The molecule has 0 radical (unpaired) electrons. The number of aromatic nitrogens is 4. The van der Waals surface area contributed by atoms with Gasteiger partial charge in [-0.15, -0.1) is 0 Å². The van der Waals surface area contributed by atoms with E-state index in [4.69, 9.17) is 0 Å². The van der Waals surface area contributed by atoms with Crippen LogP contribution < -0.4 is 10.2 Å². The van der Waals surface area contributed by atoms with E-state index in [0.717, 1.165) is 31.7 Å².